The van der Waals surface area contributed by atoms with E-state index in [-0.39, 0.29) is 18.2 Å². The lowest BCUT2D eigenvalue weighted by Gasteiger charge is -2.02. The lowest BCUT2D eigenvalue weighted by molar-refractivity contribution is -0.114. The summed E-state index contributed by atoms with van der Waals surface area (Å²) in [6.07, 6.45) is 1.68. The number of rotatable bonds is 6. The van der Waals surface area contributed by atoms with E-state index in [9.17, 15) is 13.2 Å². The van der Waals surface area contributed by atoms with Crippen LogP contribution in [0, 0.1) is 0 Å². The number of aryl methyl sites for hydroxylation is 1. The fraction of sp³-hybridized carbons (Fsp3) is 0.308. The van der Waals surface area contributed by atoms with Crippen LogP contribution < -0.4 is 10.0 Å². The molecule has 1 aromatic heterocycles. The molecule has 0 bridgehead atoms. The van der Waals surface area contributed by atoms with Gasteiger partial charge in [0.1, 0.15) is 5.69 Å². The quantitative estimate of drug-likeness (QED) is 0.803. The van der Waals surface area contributed by atoms with E-state index in [1.54, 1.807) is 18.3 Å². The number of sulfonamides is 1. The van der Waals surface area contributed by atoms with Crippen LogP contribution >= 0.6 is 0 Å². The first-order chi connectivity index (χ1) is 10.4. The summed E-state index contributed by atoms with van der Waals surface area (Å²) in [7, 11) is -1.90. The molecular weight excluding hydrogens is 306 g/mol. The molecule has 0 aliphatic rings. The molecule has 1 aromatic carbocycles. The van der Waals surface area contributed by atoms with Crippen LogP contribution in [0.5, 0.6) is 0 Å². The second kappa shape index (κ2) is 6.67. The highest BCUT2D eigenvalue weighted by Gasteiger charge is 2.09. The molecule has 0 radical (unpaired) electrons. The van der Waals surface area contributed by atoms with Gasteiger partial charge in [0.2, 0.25) is 15.9 Å². The van der Waals surface area contributed by atoms with E-state index >= 15 is 0 Å². The minimum atomic E-state index is -3.27. The molecule has 2 N–H and O–H groups in total. The van der Waals surface area contributed by atoms with E-state index in [1.807, 2.05) is 12.1 Å². The van der Waals surface area contributed by atoms with Crippen LogP contribution in [0.2, 0.25) is 0 Å². The molecule has 22 heavy (non-hydrogen) atoms. The molecule has 0 aliphatic carbocycles. The third-order valence-corrected chi connectivity index (χ3v) is 4.28. The fourth-order valence-electron chi connectivity index (χ4n) is 1.78. The lowest BCUT2D eigenvalue weighted by atomic mass is 10.1. The highest BCUT2D eigenvalue weighted by atomic mass is 32.2. The van der Waals surface area contributed by atoms with E-state index in [2.05, 4.69) is 20.4 Å². The van der Waals surface area contributed by atoms with Gasteiger partial charge in [-0.2, -0.15) is 0 Å². The smallest absolute Gasteiger partial charge is 0.221 e. The van der Waals surface area contributed by atoms with Crippen molar-refractivity contribution in [1.29, 1.82) is 0 Å². The van der Waals surface area contributed by atoms with Crippen molar-refractivity contribution in [3.63, 3.8) is 0 Å². The van der Waals surface area contributed by atoms with Gasteiger partial charge in [-0.1, -0.05) is 17.3 Å². The number of hydrogen-bond acceptors (Lipinski definition) is 5. The van der Waals surface area contributed by atoms with Gasteiger partial charge in [-0.25, -0.2) is 13.1 Å². The van der Waals surface area contributed by atoms with Crippen molar-refractivity contribution in [2.45, 2.75) is 13.5 Å². The van der Waals surface area contributed by atoms with Gasteiger partial charge >= 0.3 is 0 Å². The van der Waals surface area contributed by atoms with Crippen molar-refractivity contribution in [3.05, 3.63) is 30.5 Å². The fourth-order valence-corrected chi connectivity index (χ4v) is 2.41. The number of aromatic nitrogens is 3. The maximum absolute atomic E-state index is 11.4. The molecule has 0 saturated heterocycles. The molecule has 9 heteroatoms. The van der Waals surface area contributed by atoms with E-state index in [4.69, 9.17) is 0 Å². The third kappa shape index (κ3) is 4.37. The number of carbonyl (C=O) groups excluding carboxylic acids is 1. The Morgan fingerprint density at radius 1 is 1.27 bits per heavy atom. The molecule has 8 nitrogen and oxygen atoms in total. The molecule has 1 heterocycles. The molecule has 2 rings (SSSR count). The molecule has 0 saturated carbocycles. The Labute approximate surface area is 128 Å². The molecule has 0 spiro atoms. The van der Waals surface area contributed by atoms with Crippen LogP contribution in [0.15, 0.2) is 30.5 Å². The molecule has 0 fully saturated rings. The van der Waals surface area contributed by atoms with Gasteiger partial charge in [0, 0.05) is 18.2 Å². The first-order valence-electron chi connectivity index (χ1n) is 6.59. The summed E-state index contributed by atoms with van der Waals surface area (Å²) in [5, 5.41) is 10.6. The summed E-state index contributed by atoms with van der Waals surface area (Å²) in [4.78, 5) is 11.0. The zero-order valence-corrected chi connectivity index (χ0v) is 13.1. The Morgan fingerprint density at radius 3 is 2.55 bits per heavy atom. The predicted molar refractivity (Wildman–Crippen MR) is 82.6 cm³/mol. The highest BCUT2D eigenvalue weighted by molar-refractivity contribution is 7.89. The number of nitrogens with one attached hydrogen (secondary N) is 2. The van der Waals surface area contributed by atoms with Crippen LogP contribution in [-0.2, 0) is 21.4 Å². The molecule has 0 aliphatic heterocycles. The Balaban J connectivity index is 2.06. The number of anilines is 1. The maximum atomic E-state index is 11.4. The number of amides is 1. The van der Waals surface area contributed by atoms with Crippen molar-refractivity contribution < 1.29 is 13.2 Å². The van der Waals surface area contributed by atoms with Crippen molar-refractivity contribution in [2.24, 2.45) is 0 Å². The number of carbonyl (C=O) groups is 1. The van der Waals surface area contributed by atoms with Crippen molar-refractivity contribution >= 4 is 21.6 Å². The van der Waals surface area contributed by atoms with Crippen molar-refractivity contribution in [3.8, 4) is 11.3 Å². The molecule has 118 valence electrons. The molecule has 2 aromatic rings. The zero-order chi connectivity index (χ0) is 16.2. The second-order valence-electron chi connectivity index (χ2n) is 4.65. The maximum Gasteiger partial charge on any atom is 0.221 e. The highest BCUT2D eigenvalue weighted by Crippen LogP contribution is 2.18. The molecule has 0 atom stereocenters. The van der Waals surface area contributed by atoms with Gasteiger partial charge in [-0.15, -0.1) is 5.10 Å². The second-order valence-corrected chi connectivity index (χ2v) is 6.69. The summed E-state index contributed by atoms with van der Waals surface area (Å²) in [6, 6.07) is 7.15. The standard InChI is InChI=1S/C13H17N5O3S/c1-10(19)15-12-5-3-11(4-6-12)13-9-18(17-16-13)7-8-22(20,21)14-2/h3-6,9,14H,7-8H2,1-2H3,(H,15,19). The average molecular weight is 323 g/mol. The third-order valence-electron chi connectivity index (χ3n) is 2.94. The average Bonchev–Trinajstić information content (AvgIpc) is 2.94. The van der Waals surface area contributed by atoms with Gasteiger partial charge in [0.05, 0.1) is 18.5 Å². The Kier molecular flexibility index (Phi) is 4.88. The SMILES string of the molecule is CNS(=O)(=O)CCn1cc(-c2ccc(NC(C)=O)cc2)nn1. The molecular formula is C13H17N5O3S. The van der Waals surface area contributed by atoms with Gasteiger partial charge in [-0.3, -0.25) is 9.48 Å². The minimum absolute atomic E-state index is 0.0617. The Hall–Kier alpha value is -2.26. The van der Waals surface area contributed by atoms with Crippen LogP contribution in [0.1, 0.15) is 6.92 Å². The van der Waals surface area contributed by atoms with E-state index in [0.29, 0.717) is 11.4 Å². The largest absolute Gasteiger partial charge is 0.326 e. The van der Waals surface area contributed by atoms with E-state index < -0.39 is 10.0 Å². The summed E-state index contributed by atoms with van der Waals surface area (Å²) >= 11 is 0. The van der Waals surface area contributed by atoms with Crippen molar-refractivity contribution in [1.82, 2.24) is 19.7 Å². The topological polar surface area (TPSA) is 106 Å². The zero-order valence-electron chi connectivity index (χ0n) is 12.3. The van der Waals surface area contributed by atoms with Crippen LogP contribution in [0.4, 0.5) is 5.69 Å². The van der Waals surface area contributed by atoms with Crippen LogP contribution in [0.25, 0.3) is 11.3 Å². The molecule has 1 amide bonds. The van der Waals surface area contributed by atoms with E-state index in [1.165, 1.54) is 18.7 Å². The van der Waals surface area contributed by atoms with E-state index in [0.717, 1.165) is 5.56 Å². The van der Waals surface area contributed by atoms with Crippen molar-refractivity contribution in [2.75, 3.05) is 18.1 Å². The number of nitrogens with zero attached hydrogens (tertiary/aromatic N) is 3. The van der Waals surface area contributed by atoms with Crippen LogP contribution in [0.3, 0.4) is 0 Å². The monoisotopic (exact) mass is 323 g/mol. The molecule has 0 unspecified atom stereocenters. The van der Waals surface area contributed by atoms with Gasteiger partial charge in [0.25, 0.3) is 0 Å². The number of benzene rings is 1. The van der Waals surface area contributed by atoms with Gasteiger partial charge in [0.15, 0.2) is 0 Å². The normalized spacial score (nSPS) is 11.4. The lowest BCUT2D eigenvalue weighted by Crippen LogP contribution is -2.24. The summed E-state index contributed by atoms with van der Waals surface area (Å²) in [6.45, 7) is 1.67. The van der Waals surface area contributed by atoms with Gasteiger partial charge < -0.3 is 5.32 Å². The van der Waals surface area contributed by atoms with Gasteiger partial charge in [-0.05, 0) is 19.2 Å². The predicted octanol–water partition coefficient (Wildman–Crippen LogP) is 0.453. The number of hydrogen-bond donors (Lipinski definition) is 2. The minimum Gasteiger partial charge on any atom is -0.326 e. The summed E-state index contributed by atoms with van der Waals surface area (Å²) in [5.41, 5.74) is 2.16. The first kappa shape index (κ1) is 16.1. The summed E-state index contributed by atoms with van der Waals surface area (Å²) < 4.78 is 26.5. The first-order valence-corrected chi connectivity index (χ1v) is 8.24. The van der Waals surface area contributed by atoms with Crippen LogP contribution in [-0.4, -0.2) is 42.1 Å². The summed E-state index contributed by atoms with van der Waals surface area (Å²) in [5.74, 6) is -0.197. The Bertz CT molecular complexity index is 752. The Morgan fingerprint density at radius 2 is 1.95 bits per heavy atom.